The Morgan fingerprint density at radius 1 is 0.224 bits per heavy atom. The highest BCUT2D eigenvalue weighted by Crippen LogP contribution is 2.27. The lowest BCUT2D eigenvalue weighted by Crippen LogP contribution is -2.50. The molecule has 2 heteroatoms. The van der Waals surface area contributed by atoms with Crippen molar-refractivity contribution in [3.63, 3.8) is 0 Å². The minimum atomic E-state index is 1.22. The third-order valence-electron chi connectivity index (χ3n) is 18.5. The second-order valence-electron chi connectivity index (χ2n) is 26.0. The predicted molar refractivity (Wildman–Crippen MR) is 347 cm³/mol. The van der Waals surface area contributed by atoms with Crippen LogP contribution in [0.3, 0.4) is 0 Å². The molecule has 1 unspecified atom stereocenters. The average Bonchev–Trinajstić information content (AvgIpc) is 3.77. The van der Waals surface area contributed by atoms with Crippen molar-refractivity contribution in [3.8, 4) is 0 Å². The van der Waals surface area contributed by atoms with E-state index >= 15 is 0 Å². The number of hydrogen-bond acceptors (Lipinski definition) is 0. The quantitative estimate of drug-likeness (QED) is 0.0324. The molecule has 0 radical (unpaired) electrons. The Balaban J connectivity index is 2.70. The van der Waals surface area contributed by atoms with Gasteiger partial charge in [0.2, 0.25) is 6.20 Å². The van der Waals surface area contributed by atoms with Gasteiger partial charge in [0.05, 0.1) is 19.5 Å². The van der Waals surface area contributed by atoms with Crippen molar-refractivity contribution < 1.29 is 9.06 Å². The minimum absolute atomic E-state index is 1.22. The van der Waals surface area contributed by atoms with Crippen LogP contribution in [0.1, 0.15) is 439 Å². The Morgan fingerprint density at radius 2 is 0.408 bits per heavy atom. The van der Waals surface area contributed by atoms with E-state index in [0.717, 1.165) is 0 Å². The molecule has 1 rings (SSSR count). The maximum absolute atomic E-state index is 2.84. The monoisotopic (exact) mass is 1070 g/mol. The van der Waals surface area contributed by atoms with Crippen LogP contribution < -0.4 is 0 Å². The zero-order valence-corrected chi connectivity index (χ0v) is 53.9. The summed E-state index contributed by atoms with van der Waals surface area (Å²) in [6.07, 6.45) is 98.5. The molecule has 1 atom stereocenters. The molecule has 1 aliphatic rings. The lowest BCUT2D eigenvalue weighted by atomic mass is 10.0. The van der Waals surface area contributed by atoms with Crippen LogP contribution in [0.15, 0.2) is 12.4 Å². The molecule has 0 saturated carbocycles. The average molecular weight is 1070 g/mol. The van der Waals surface area contributed by atoms with Gasteiger partial charge >= 0.3 is 5.84 Å². The fourth-order valence-corrected chi connectivity index (χ4v) is 13.1. The van der Waals surface area contributed by atoms with Crippen molar-refractivity contribution in [2.45, 2.75) is 439 Å². The van der Waals surface area contributed by atoms with Gasteiger partial charge in [0.25, 0.3) is 0 Å². The molecule has 0 aromatic rings. The molecule has 2 nitrogen and oxygen atoms in total. The molecule has 76 heavy (non-hydrogen) atoms. The summed E-state index contributed by atoms with van der Waals surface area (Å²) in [5, 5.41) is 0. The second kappa shape index (κ2) is 62.0. The number of hydrogen-bond donors (Lipinski definition) is 0. The largest absolute Gasteiger partial charge is 0.348 e. The molecule has 1 heterocycles. The predicted octanol–water partition coefficient (Wildman–Crippen LogP) is 26.7. The summed E-state index contributed by atoms with van der Waals surface area (Å²) in [7, 11) is 0. The number of nitrogens with zero attached hydrogens (tertiary/aromatic N) is 2. The smallest absolute Gasteiger partial charge is 0.209 e. The third-order valence-corrected chi connectivity index (χ3v) is 18.5. The van der Waals surface area contributed by atoms with Crippen molar-refractivity contribution in [2.75, 3.05) is 19.6 Å². The standard InChI is InChI=1S/C74H148N2/c1-5-9-13-17-21-25-29-33-37-39-43-47-51-55-59-63-67-72-76(71-66-62-58-54-50-46-42-38-34-30-26-22-18-14-10-6-2)73-70-75(69-65-61-57-53-49-45-41-36-32-28-24-20-16-12-8-4)74(76)68-64-60-56-52-48-44-40-35-31-27-23-19-15-11-7-3/h70,73H,5-69,71-72H2,1-4H3/q+2. The van der Waals surface area contributed by atoms with Gasteiger partial charge in [0, 0.05) is 6.42 Å². The van der Waals surface area contributed by atoms with E-state index in [2.05, 4.69) is 44.7 Å². The molecule has 0 fully saturated rings. The lowest BCUT2D eigenvalue weighted by molar-refractivity contribution is -0.801. The maximum atomic E-state index is 2.84. The number of rotatable bonds is 67. The Morgan fingerprint density at radius 3 is 0.632 bits per heavy atom. The van der Waals surface area contributed by atoms with E-state index in [1.807, 2.05) is 5.84 Å². The van der Waals surface area contributed by atoms with Gasteiger partial charge in [-0.25, -0.2) is 4.48 Å². The van der Waals surface area contributed by atoms with E-state index < -0.39 is 0 Å². The zero-order chi connectivity index (χ0) is 54.4. The first-order valence-electron chi connectivity index (χ1n) is 36.9. The van der Waals surface area contributed by atoms with Gasteiger partial charge in [-0.05, 0) is 38.5 Å². The topological polar surface area (TPSA) is 3.01 Å². The van der Waals surface area contributed by atoms with E-state index in [-0.39, 0.29) is 0 Å². The van der Waals surface area contributed by atoms with Crippen molar-refractivity contribution in [2.24, 2.45) is 0 Å². The van der Waals surface area contributed by atoms with Crippen LogP contribution in [0.5, 0.6) is 0 Å². The zero-order valence-electron chi connectivity index (χ0n) is 53.9. The van der Waals surface area contributed by atoms with Crippen molar-refractivity contribution >= 4 is 5.84 Å². The molecular formula is C74H148N2+2. The van der Waals surface area contributed by atoms with Gasteiger partial charge < -0.3 is 0 Å². The van der Waals surface area contributed by atoms with Gasteiger partial charge in [0.15, 0.2) is 12.7 Å². The first-order valence-corrected chi connectivity index (χ1v) is 36.9. The number of quaternary nitrogens is 1. The van der Waals surface area contributed by atoms with Crippen LogP contribution in [0, 0.1) is 0 Å². The molecule has 0 bridgehead atoms. The molecular weight excluding hydrogens is 917 g/mol. The summed E-state index contributed by atoms with van der Waals surface area (Å²) in [6, 6.07) is 0. The number of unbranched alkanes of at least 4 members (excludes halogenated alkanes) is 59. The van der Waals surface area contributed by atoms with Crippen LogP contribution in [-0.2, 0) is 0 Å². The highest BCUT2D eigenvalue weighted by molar-refractivity contribution is 5.72. The third kappa shape index (κ3) is 49.2. The summed E-state index contributed by atoms with van der Waals surface area (Å²) in [6.45, 7) is 13.3. The Labute approximate surface area is 483 Å². The van der Waals surface area contributed by atoms with Crippen LogP contribution in [-0.4, -0.2) is 34.5 Å². The summed E-state index contributed by atoms with van der Waals surface area (Å²) >= 11 is 0. The van der Waals surface area contributed by atoms with Gasteiger partial charge in [-0.15, -0.1) is 0 Å². The van der Waals surface area contributed by atoms with Crippen LogP contribution in [0.25, 0.3) is 0 Å². The van der Waals surface area contributed by atoms with E-state index in [9.17, 15) is 0 Å². The Hall–Kier alpha value is -0.630. The molecule has 452 valence electrons. The Kier molecular flexibility index (Phi) is 59.8. The van der Waals surface area contributed by atoms with Crippen LogP contribution in [0.4, 0.5) is 0 Å². The first kappa shape index (κ1) is 73.4. The van der Waals surface area contributed by atoms with Crippen molar-refractivity contribution in [1.82, 2.24) is 0 Å². The highest BCUT2D eigenvalue weighted by atomic mass is 15.4. The van der Waals surface area contributed by atoms with E-state index in [1.54, 1.807) is 0 Å². The fraction of sp³-hybridized carbons (Fsp3) is 0.959. The summed E-state index contributed by atoms with van der Waals surface area (Å²) in [5.41, 5.74) is 0. The summed E-state index contributed by atoms with van der Waals surface area (Å²) in [4.78, 5) is 0. The molecule has 0 amide bonds. The van der Waals surface area contributed by atoms with E-state index in [4.69, 9.17) is 0 Å². The van der Waals surface area contributed by atoms with Gasteiger partial charge in [0.1, 0.15) is 0 Å². The second-order valence-corrected chi connectivity index (χ2v) is 26.0. The molecule has 0 spiro atoms. The maximum Gasteiger partial charge on any atom is 0.348 e. The lowest BCUT2D eigenvalue weighted by Gasteiger charge is -2.29. The van der Waals surface area contributed by atoms with Crippen molar-refractivity contribution in [3.05, 3.63) is 12.4 Å². The van der Waals surface area contributed by atoms with Crippen LogP contribution >= 0.6 is 0 Å². The first-order chi connectivity index (χ1) is 37.7. The molecule has 0 aliphatic carbocycles. The Bertz CT molecular complexity index is 1150. The molecule has 0 aromatic heterocycles. The SMILES string of the molecule is CCCCCCCCCCCCCCCCCCC[N+]1(CCCCCCCCCCCCCCCCCC)C=C[N+](CCCCCCCCCCCCCCCCC)=C1CCCCCCCCCCCCCCCCC. The van der Waals surface area contributed by atoms with E-state index in [1.165, 1.54) is 435 Å². The molecule has 0 aromatic carbocycles. The summed E-state index contributed by atoms with van der Waals surface area (Å²) in [5.74, 6) is 1.82. The highest BCUT2D eigenvalue weighted by Gasteiger charge is 2.42. The normalized spacial score (nSPS) is 14.6. The van der Waals surface area contributed by atoms with Gasteiger partial charge in [-0.1, -0.05) is 387 Å². The molecule has 0 saturated heterocycles. The van der Waals surface area contributed by atoms with Gasteiger partial charge in [-0.3, -0.25) is 0 Å². The van der Waals surface area contributed by atoms with Gasteiger partial charge in [-0.2, -0.15) is 4.58 Å². The van der Waals surface area contributed by atoms with Crippen molar-refractivity contribution in [1.29, 1.82) is 0 Å². The summed E-state index contributed by atoms with van der Waals surface area (Å²) < 4.78 is 4.06. The minimum Gasteiger partial charge on any atom is -0.209 e. The fourth-order valence-electron chi connectivity index (χ4n) is 13.1. The van der Waals surface area contributed by atoms with Crippen LogP contribution in [0.2, 0.25) is 0 Å². The molecule has 1 aliphatic heterocycles. The molecule has 0 N–H and O–H groups in total. The number of amidine groups is 1. The van der Waals surface area contributed by atoms with E-state index in [0.29, 0.717) is 0 Å².